The van der Waals surface area contributed by atoms with Gasteiger partial charge >= 0.3 is 0 Å². The number of carbonyl (C=O) groups excluding carboxylic acids is 1. The number of aliphatic hydroxyl groups excluding tert-OH is 1. The van der Waals surface area contributed by atoms with E-state index in [9.17, 15) is 9.90 Å². The average molecular weight is 529 g/mol. The smallest absolute Gasteiger partial charge is 0.272 e. The second kappa shape index (κ2) is 10.4. The lowest BCUT2D eigenvalue weighted by atomic mass is 9.91. The van der Waals surface area contributed by atoms with E-state index in [1.807, 2.05) is 12.1 Å². The molecule has 3 aliphatic heterocycles. The number of aliphatic hydroxyl groups is 1. The van der Waals surface area contributed by atoms with Crippen molar-refractivity contribution < 1.29 is 9.90 Å². The number of nitrogens with zero attached hydrogens (tertiary/aromatic N) is 7. The maximum absolute atomic E-state index is 12.9. The molecule has 0 saturated carbocycles. The van der Waals surface area contributed by atoms with Crippen LogP contribution in [0.25, 0.3) is 11.1 Å². The first-order valence-electron chi connectivity index (χ1n) is 13.7. The van der Waals surface area contributed by atoms with Crippen molar-refractivity contribution in [2.45, 2.75) is 38.5 Å². The molecule has 0 aliphatic carbocycles. The first kappa shape index (κ1) is 25.5. The molecule has 3 N–H and O–H groups in total. The van der Waals surface area contributed by atoms with Crippen LogP contribution >= 0.6 is 0 Å². The van der Waals surface area contributed by atoms with Crippen LogP contribution in [-0.4, -0.2) is 94.2 Å². The molecule has 39 heavy (non-hydrogen) atoms. The normalized spacial score (nSPS) is 21.8. The number of aromatic nitrogens is 3. The molecule has 0 bridgehead atoms. The zero-order chi connectivity index (χ0) is 27.1. The van der Waals surface area contributed by atoms with Crippen molar-refractivity contribution >= 4 is 23.5 Å². The van der Waals surface area contributed by atoms with Gasteiger partial charge in [0.15, 0.2) is 0 Å². The highest BCUT2D eigenvalue weighted by atomic mass is 16.3. The van der Waals surface area contributed by atoms with Crippen LogP contribution in [0.5, 0.6) is 0 Å². The molecular weight excluding hydrogens is 492 g/mol. The van der Waals surface area contributed by atoms with Gasteiger partial charge in [0.05, 0.1) is 6.10 Å². The fourth-order valence-electron chi connectivity index (χ4n) is 5.83. The lowest BCUT2D eigenvalue weighted by Crippen LogP contribution is -2.45. The third kappa shape index (κ3) is 5.26. The number of likely N-dealkylation sites (N-methyl/N-ethyl adjacent to an activating group) is 1. The zero-order valence-corrected chi connectivity index (χ0v) is 22.6. The monoisotopic (exact) mass is 528 g/mol. The second-order valence-electron chi connectivity index (χ2n) is 11.0. The van der Waals surface area contributed by atoms with E-state index in [4.69, 9.17) is 5.73 Å². The molecule has 0 spiro atoms. The Kier molecular flexibility index (Phi) is 6.82. The highest BCUT2D eigenvalue weighted by Gasteiger charge is 2.28. The van der Waals surface area contributed by atoms with Gasteiger partial charge in [-0.3, -0.25) is 9.78 Å². The molecule has 5 heterocycles. The molecular formula is C29H36N8O2. The van der Waals surface area contributed by atoms with Gasteiger partial charge in [-0.25, -0.2) is 0 Å². The van der Waals surface area contributed by atoms with Crippen LogP contribution < -0.4 is 15.5 Å². The van der Waals surface area contributed by atoms with E-state index in [1.165, 1.54) is 11.1 Å². The summed E-state index contributed by atoms with van der Waals surface area (Å²) >= 11 is 0. The Morgan fingerprint density at radius 2 is 1.74 bits per heavy atom. The van der Waals surface area contributed by atoms with Gasteiger partial charge in [0.2, 0.25) is 5.95 Å². The number of nitrogens with two attached hydrogens (primary N) is 1. The maximum Gasteiger partial charge on any atom is 0.272 e. The molecule has 1 unspecified atom stereocenters. The number of β-amino-alcohol motifs (C(OH)–C–C–N with tert-alkyl or cyclic N) is 1. The van der Waals surface area contributed by atoms with Gasteiger partial charge in [0.1, 0.15) is 17.3 Å². The molecule has 2 atom stereocenters. The summed E-state index contributed by atoms with van der Waals surface area (Å²) in [7, 11) is 2.14. The summed E-state index contributed by atoms with van der Waals surface area (Å²) in [5.74, 6) is 1.90. The van der Waals surface area contributed by atoms with Crippen LogP contribution in [0.4, 0.5) is 17.6 Å². The number of nitrogen functional groups attached to an aromatic ring is 1. The van der Waals surface area contributed by atoms with Crippen LogP contribution in [0.2, 0.25) is 0 Å². The maximum atomic E-state index is 12.9. The van der Waals surface area contributed by atoms with Gasteiger partial charge in [0, 0.05) is 64.1 Å². The van der Waals surface area contributed by atoms with E-state index in [0.717, 1.165) is 55.4 Å². The van der Waals surface area contributed by atoms with Crippen LogP contribution in [-0.2, 0) is 13.0 Å². The summed E-state index contributed by atoms with van der Waals surface area (Å²) in [5.41, 5.74) is 11.1. The van der Waals surface area contributed by atoms with E-state index in [0.29, 0.717) is 37.7 Å². The molecule has 10 nitrogen and oxygen atoms in total. The number of fused-ring (bicyclic) bond motifs is 1. The quantitative estimate of drug-likeness (QED) is 0.525. The predicted molar refractivity (Wildman–Crippen MR) is 152 cm³/mol. The minimum absolute atomic E-state index is 0.135. The number of anilines is 3. The lowest BCUT2D eigenvalue weighted by molar-refractivity contribution is 0.0759. The number of carbonyl (C=O) groups is 1. The molecule has 204 valence electrons. The molecule has 3 aliphatic rings. The Balaban J connectivity index is 1.25. The van der Waals surface area contributed by atoms with Gasteiger partial charge in [0.25, 0.3) is 5.91 Å². The van der Waals surface area contributed by atoms with E-state index in [-0.39, 0.29) is 11.9 Å². The number of hydrogen-bond acceptors (Lipinski definition) is 9. The molecule has 2 aromatic heterocycles. The van der Waals surface area contributed by atoms with Crippen LogP contribution in [0.3, 0.4) is 0 Å². The molecule has 3 aromatic rings. The third-order valence-corrected chi connectivity index (χ3v) is 8.20. The van der Waals surface area contributed by atoms with Crippen molar-refractivity contribution in [3.05, 3.63) is 59.4 Å². The second-order valence-corrected chi connectivity index (χ2v) is 11.0. The lowest BCUT2D eigenvalue weighted by Gasteiger charge is -2.37. The Bertz CT molecular complexity index is 1370. The van der Waals surface area contributed by atoms with Gasteiger partial charge in [-0.2, -0.15) is 9.97 Å². The Labute approximate surface area is 229 Å². The van der Waals surface area contributed by atoms with Crippen molar-refractivity contribution in [3.8, 4) is 11.1 Å². The summed E-state index contributed by atoms with van der Waals surface area (Å²) < 4.78 is 0. The molecule has 2 fully saturated rings. The number of hydrogen-bond donors (Lipinski definition) is 2. The molecule has 2 saturated heterocycles. The topological polar surface area (TPSA) is 115 Å². The zero-order valence-electron chi connectivity index (χ0n) is 22.6. The number of benzene rings is 1. The van der Waals surface area contributed by atoms with E-state index < -0.39 is 6.10 Å². The summed E-state index contributed by atoms with van der Waals surface area (Å²) in [6.07, 6.45) is 2.75. The first-order chi connectivity index (χ1) is 18.8. The highest BCUT2D eigenvalue weighted by Crippen LogP contribution is 2.32. The van der Waals surface area contributed by atoms with Crippen LogP contribution in [0, 0.1) is 0 Å². The standard InChI is InChI=1S/C29H36N8O2/c1-19-13-20-3-4-21(22-5-7-31-25(15-22)28(39)36-8-6-24(38)18-36)14-23(20)17-37(19)27-16-26(32-29(30)33-27)35-11-9-34(2)10-12-35/h3-5,7,14-16,19,24,38H,6,8-13,17-18H2,1-2H3,(H2,30,32,33)/t19?,24-/m0/s1. The van der Waals surface area contributed by atoms with Crippen LogP contribution in [0.1, 0.15) is 35.0 Å². The summed E-state index contributed by atoms with van der Waals surface area (Å²) in [6.45, 7) is 7.69. The molecule has 0 radical (unpaired) electrons. The molecule has 1 aromatic carbocycles. The van der Waals surface area contributed by atoms with Crippen molar-refractivity contribution in [1.29, 1.82) is 0 Å². The number of likely N-dealkylation sites (tertiary alicyclic amines) is 1. The third-order valence-electron chi connectivity index (χ3n) is 8.20. The summed E-state index contributed by atoms with van der Waals surface area (Å²) in [5, 5.41) is 9.83. The van der Waals surface area contributed by atoms with Gasteiger partial charge < -0.3 is 30.4 Å². The number of pyridine rings is 1. The number of amides is 1. The fourth-order valence-corrected chi connectivity index (χ4v) is 5.83. The molecule has 6 rings (SSSR count). The van der Waals surface area contributed by atoms with Crippen molar-refractivity contribution in [2.24, 2.45) is 0 Å². The largest absolute Gasteiger partial charge is 0.391 e. The minimum atomic E-state index is -0.453. The Morgan fingerprint density at radius 3 is 2.51 bits per heavy atom. The van der Waals surface area contributed by atoms with Gasteiger partial charge in [-0.05, 0) is 67.3 Å². The molecule has 1 amide bonds. The SMILES string of the molecule is CC1Cc2ccc(-c3ccnc(C(=O)N4CC[C@H](O)C4)c3)cc2CN1c1cc(N2CCN(C)CC2)nc(N)n1. The first-order valence-corrected chi connectivity index (χ1v) is 13.7. The van der Waals surface area contributed by atoms with Crippen molar-refractivity contribution in [2.75, 3.05) is 61.8 Å². The molecule has 10 heteroatoms. The van der Waals surface area contributed by atoms with Crippen LogP contribution in [0.15, 0.2) is 42.6 Å². The Morgan fingerprint density at radius 1 is 0.974 bits per heavy atom. The fraction of sp³-hybridized carbons (Fsp3) is 0.448. The van der Waals surface area contributed by atoms with E-state index >= 15 is 0 Å². The Hall–Kier alpha value is -3.76. The van der Waals surface area contributed by atoms with E-state index in [2.05, 4.69) is 67.9 Å². The van der Waals surface area contributed by atoms with Gasteiger partial charge in [-0.15, -0.1) is 0 Å². The van der Waals surface area contributed by atoms with Crippen molar-refractivity contribution in [1.82, 2.24) is 24.8 Å². The average Bonchev–Trinajstić information content (AvgIpc) is 3.38. The van der Waals surface area contributed by atoms with Crippen molar-refractivity contribution in [3.63, 3.8) is 0 Å². The summed E-state index contributed by atoms with van der Waals surface area (Å²) in [6, 6.07) is 12.7. The predicted octanol–water partition coefficient (Wildman–Crippen LogP) is 2.03. The highest BCUT2D eigenvalue weighted by molar-refractivity contribution is 5.93. The number of piperazine rings is 1. The van der Waals surface area contributed by atoms with Gasteiger partial charge in [-0.1, -0.05) is 12.1 Å². The number of rotatable bonds is 4. The summed E-state index contributed by atoms with van der Waals surface area (Å²) in [4.78, 5) is 35.1. The minimum Gasteiger partial charge on any atom is -0.391 e. The van der Waals surface area contributed by atoms with E-state index in [1.54, 1.807) is 11.1 Å².